The summed E-state index contributed by atoms with van der Waals surface area (Å²) < 4.78 is 10.4. The fourth-order valence-corrected chi connectivity index (χ4v) is 2.37. The van der Waals surface area contributed by atoms with Gasteiger partial charge < -0.3 is 20.2 Å². The maximum Gasteiger partial charge on any atom is 0.338 e. The van der Waals surface area contributed by atoms with Crippen molar-refractivity contribution in [2.75, 3.05) is 5.32 Å². The molecule has 1 heterocycles. The van der Waals surface area contributed by atoms with E-state index in [1.165, 1.54) is 37.6 Å². The minimum absolute atomic E-state index is 0.300. The molecule has 142 valence electrons. The summed E-state index contributed by atoms with van der Waals surface area (Å²) in [6.07, 6.45) is 1.87. The van der Waals surface area contributed by atoms with Crippen LogP contribution in [0.4, 0.5) is 5.69 Å². The Morgan fingerprint density at radius 3 is 2.25 bits per heavy atom. The van der Waals surface area contributed by atoms with Crippen molar-refractivity contribution >= 4 is 23.5 Å². The van der Waals surface area contributed by atoms with Crippen LogP contribution >= 0.6 is 0 Å². The molecule has 1 unspecified atom stereocenters. The first kappa shape index (κ1) is 18.8. The Bertz CT molecular complexity index is 980. The van der Waals surface area contributed by atoms with Gasteiger partial charge in [-0.05, 0) is 43.3 Å². The van der Waals surface area contributed by atoms with E-state index in [2.05, 4.69) is 10.3 Å². The van der Waals surface area contributed by atoms with Crippen molar-refractivity contribution in [3.05, 3.63) is 72.2 Å². The van der Waals surface area contributed by atoms with Crippen molar-refractivity contribution in [3.8, 4) is 11.3 Å². The highest BCUT2D eigenvalue weighted by molar-refractivity contribution is 5.98. The lowest BCUT2D eigenvalue weighted by Crippen LogP contribution is -2.30. The lowest BCUT2D eigenvalue weighted by molar-refractivity contribution is -0.123. The number of anilines is 1. The van der Waals surface area contributed by atoms with Crippen LogP contribution in [0.3, 0.4) is 0 Å². The molecule has 0 saturated heterocycles. The van der Waals surface area contributed by atoms with Crippen molar-refractivity contribution in [1.82, 2.24) is 4.98 Å². The highest BCUT2D eigenvalue weighted by Gasteiger charge is 2.19. The number of rotatable bonds is 6. The molecule has 1 aromatic heterocycles. The van der Waals surface area contributed by atoms with Crippen molar-refractivity contribution in [2.45, 2.75) is 13.0 Å². The number of carbonyl (C=O) groups excluding carboxylic acids is 3. The molecule has 28 heavy (non-hydrogen) atoms. The van der Waals surface area contributed by atoms with Crippen LogP contribution in [0.2, 0.25) is 0 Å². The van der Waals surface area contributed by atoms with Gasteiger partial charge in [-0.2, -0.15) is 0 Å². The molecule has 0 spiro atoms. The first-order chi connectivity index (χ1) is 13.4. The highest BCUT2D eigenvalue weighted by Crippen LogP contribution is 2.19. The van der Waals surface area contributed by atoms with E-state index in [-0.39, 0.29) is 0 Å². The van der Waals surface area contributed by atoms with Gasteiger partial charge in [0.25, 0.3) is 5.91 Å². The number of hydrogen-bond acceptors (Lipinski definition) is 6. The maximum absolute atomic E-state index is 12.2. The highest BCUT2D eigenvalue weighted by atomic mass is 16.5. The molecule has 0 aliphatic heterocycles. The number of nitrogens with two attached hydrogens (primary N) is 1. The monoisotopic (exact) mass is 379 g/mol. The van der Waals surface area contributed by atoms with Gasteiger partial charge in [-0.1, -0.05) is 12.1 Å². The van der Waals surface area contributed by atoms with Crippen molar-refractivity contribution in [3.63, 3.8) is 0 Å². The average Bonchev–Trinajstić information content (AvgIpc) is 3.23. The molecule has 2 aromatic carbocycles. The van der Waals surface area contributed by atoms with Gasteiger partial charge in [0.15, 0.2) is 18.3 Å². The fraction of sp³-hybridized carbons (Fsp3) is 0.100. The number of esters is 1. The SMILES string of the molecule is CC(OC(=O)c1ccc(-c2cnco2)cc1)C(=O)Nc1ccc(C(N)=O)cc1. The molecule has 3 rings (SSSR count). The third-order valence-electron chi connectivity index (χ3n) is 3.93. The molecule has 2 amide bonds. The number of nitrogens with one attached hydrogen (secondary N) is 1. The molecule has 0 radical (unpaired) electrons. The van der Waals surface area contributed by atoms with Crippen LogP contribution in [0.15, 0.2) is 65.5 Å². The molecule has 0 bridgehead atoms. The van der Waals surface area contributed by atoms with Gasteiger partial charge in [0.2, 0.25) is 5.91 Å². The Kier molecular flexibility index (Phi) is 5.50. The van der Waals surface area contributed by atoms with Crippen LogP contribution in [-0.4, -0.2) is 28.9 Å². The van der Waals surface area contributed by atoms with Gasteiger partial charge in [-0.15, -0.1) is 0 Å². The van der Waals surface area contributed by atoms with Crippen molar-refractivity contribution in [1.29, 1.82) is 0 Å². The summed E-state index contributed by atoms with van der Waals surface area (Å²) in [5.74, 6) is -1.11. The summed E-state index contributed by atoms with van der Waals surface area (Å²) in [5, 5.41) is 2.60. The smallest absolute Gasteiger partial charge is 0.338 e. The van der Waals surface area contributed by atoms with Crippen LogP contribution in [0.1, 0.15) is 27.6 Å². The zero-order valence-corrected chi connectivity index (χ0v) is 14.9. The van der Waals surface area contributed by atoms with E-state index in [4.69, 9.17) is 14.9 Å². The van der Waals surface area contributed by atoms with E-state index in [0.29, 0.717) is 22.6 Å². The summed E-state index contributed by atoms with van der Waals surface area (Å²) in [5.41, 5.74) is 7.01. The zero-order valence-electron chi connectivity index (χ0n) is 14.9. The second-order valence-corrected chi connectivity index (χ2v) is 5.92. The number of benzene rings is 2. The predicted molar refractivity (Wildman–Crippen MR) is 100 cm³/mol. The second kappa shape index (κ2) is 8.17. The van der Waals surface area contributed by atoms with E-state index >= 15 is 0 Å². The summed E-state index contributed by atoms with van der Waals surface area (Å²) in [6, 6.07) is 12.6. The number of carbonyl (C=O) groups is 3. The molecule has 8 nitrogen and oxygen atoms in total. The third kappa shape index (κ3) is 4.42. The van der Waals surface area contributed by atoms with Crippen molar-refractivity contribution in [2.24, 2.45) is 5.73 Å². The Hall–Kier alpha value is -3.94. The standard InChI is InChI=1S/C20H17N3O5/c1-12(19(25)23-16-8-6-14(7-9-16)18(21)24)28-20(26)15-4-2-13(3-5-15)17-10-22-11-27-17/h2-12H,1H3,(H2,21,24)(H,23,25). The van der Waals surface area contributed by atoms with Crippen molar-refractivity contribution < 1.29 is 23.5 Å². The number of oxazole rings is 1. The molecule has 1 atom stereocenters. The van der Waals surface area contributed by atoms with Crippen LogP contribution in [0.5, 0.6) is 0 Å². The lowest BCUT2D eigenvalue weighted by Gasteiger charge is -2.14. The van der Waals surface area contributed by atoms with E-state index < -0.39 is 23.9 Å². The number of ether oxygens (including phenoxy) is 1. The molecular weight excluding hydrogens is 362 g/mol. The van der Waals surface area contributed by atoms with E-state index in [1.54, 1.807) is 30.5 Å². The first-order valence-corrected chi connectivity index (χ1v) is 8.34. The normalized spacial score (nSPS) is 11.5. The molecule has 0 saturated carbocycles. The quantitative estimate of drug-likeness (QED) is 0.634. The lowest BCUT2D eigenvalue weighted by atomic mass is 10.1. The molecule has 8 heteroatoms. The van der Waals surface area contributed by atoms with E-state index in [1.807, 2.05) is 0 Å². The summed E-state index contributed by atoms with van der Waals surface area (Å²) >= 11 is 0. The topological polar surface area (TPSA) is 125 Å². The summed E-state index contributed by atoms with van der Waals surface area (Å²) in [6.45, 7) is 1.47. The molecule has 0 aliphatic rings. The van der Waals surface area contributed by atoms with Crippen LogP contribution < -0.4 is 11.1 Å². The molecular formula is C20H17N3O5. The van der Waals surface area contributed by atoms with Crippen LogP contribution in [0.25, 0.3) is 11.3 Å². The summed E-state index contributed by atoms with van der Waals surface area (Å²) in [4.78, 5) is 39.3. The Balaban J connectivity index is 1.58. The van der Waals surface area contributed by atoms with E-state index in [9.17, 15) is 14.4 Å². The van der Waals surface area contributed by atoms with Crippen LogP contribution in [-0.2, 0) is 9.53 Å². The van der Waals surface area contributed by atoms with E-state index in [0.717, 1.165) is 5.56 Å². The fourth-order valence-electron chi connectivity index (χ4n) is 2.37. The molecule has 0 fully saturated rings. The number of nitrogens with zero attached hydrogens (tertiary/aromatic N) is 1. The number of amides is 2. The maximum atomic E-state index is 12.2. The van der Waals surface area contributed by atoms with Gasteiger partial charge >= 0.3 is 5.97 Å². The number of hydrogen-bond donors (Lipinski definition) is 2. The average molecular weight is 379 g/mol. The van der Waals surface area contributed by atoms with Gasteiger partial charge in [-0.25, -0.2) is 9.78 Å². The second-order valence-electron chi connectivity index (χ2n) is 5.92. The van der Waals surface area contributed by atoms with Gasteiger partial charge in [0.05, 0.1) is 11.8 Å². The summed E-state index contributed by atoms with van der Waals surface area (Å²) in [7, 11) is 0. The Morgan fingerprint density at radius 2 is 1.68 bits per heavy atom. The predicted octanol–water partition coefficient (Wildman–Crippen LogP) is 2.62. The molecule has 3 aromatic rings. The number of primary amides is 1. The Labute approximate surface area is 160 Å². The first-order valence-electron chi connectivity index (χ1n) is 8.34. The van der Waals surface area contributed by atoms with Gasteiger partial charge in [0, 0.05) is 16.8 Å². The molecule has 0 aliphatic carbocycles. The van der Waals surface area contributed by atoms with Crippen LogP contribution in [0, 0.1) is 0 Å². The van der Waals surface area contributed by atoms with Gasteiger partial charge in [-0.3, -0.25) is 9.59 Å². The minimum atomic E-state index is -1.02. The molecule has 3 N–H and O–H groups in total. The zero-order chi connectivity index (χ0) is 20.1. The number of aromatic nitrogens is 1. The Morgan fingerprint density at radius 1 is 1.04 bits per heavy atom. The largest absolute Gasteiger partial charge is 0.449 e. The third-order valence-corrected chi connectivity index (χ3v) is 3.93. The van der Waals surface area contributed by atoms with Gasteiger partial charge in [0.1, 0.15) is 0 Å². The minimum Gasteiger partial charge on any atom is -0.449 e.